The number of nitrogens with zero attached hydrogens (tertiary/aromatic N) is 1. The minimum atomic E-state index is 0.545. The average Bonchev–Trinajstić information content (AvgIpc) is 3.09. The number of hydrogen-bond donors (Lipinski definition) is 2. The first-order chi connectivity index (χ1) is 9.79. The Morgan fingerprint density at radius 1 is 1.50 bits per heavy atom. The fraction of sp³-hybridized carbons (Fsp3) is 0.438. The number of fused-ring (bicyclic) bond motifs is 1. The molecule has 0 unspecified atom stereocenters. The largest absolute Gasteiger partial charge is 0.494 e. The number of aromatic amines is 1. The fourth-order valence-electron chi connectivity index (χ4n) is 2.90. The van der Waals surface area contributed by atoms with Gasteiger partial charge in [0.05, 0.1) is 17.9 Å². The van der Waals surface area contributed by atoms with Crippen LogP contribution in [0.25, 0.3) is 16.8 Å². The highest BCUT2D eigenvalue weighted by atomic mass is 16.5. The van der Waals surface area contributed by atoms with Crippen molar-refractivity contribution in [2.75, 3.05) is 11.9 Å². The van der Waals surface area contributed by atoms with Gasteiger partial charge in [0.1, 0.15) is 11.4 Å². The molecule has 106 valence electrons. The van der Waals surface area contributed by atoms with E-state index in [1.165, 1.54) is 25.7 Å². The maximum Gasteiger partial charge on any atom is 0.139 e. The van der Waals surface area contributed by atoms with E-state index in [4.69, 9.17) is 4.74 Å². The van der Waals surface area contributed by atoms with Crippen LogP contribution in [-0.4, -0.2) is 22.6 Å². The van der Waals surface area contributed by atoms with E-state index in [-0.39, 0.29) is 0 Å². The van der Waals surface area contributed by atoms with E-state index in [0.717, 1.165) is 22.3 Å². The minimum Gasteiger partial charge on any atom is -0.494 e. The molecule has 4 nitrogen and oxygen atoms in total. The van der Waals surface area contributed by atoms with Crippen LogP contribution in [-0.2, 0) is 4.74 Å². The quantitative estimate of drug-likeness (QED) is 0.810. The van der Waals surface area contributed by atoms with E-state index in [9.17, 15) is 0 Å². The Hall–Kier alpha value is -1.97. The van der Waals surface area contributed by atoms with Crippen molar-refractivity contribution in [1.29, 1.82) is 0 Å². The predicted molar refractivity (Wildman–Crippen MR) is 82.6 cm³/mol. The fourth-order valence-corrected chi connectivity index (χ4v) is 2.90. The zero-order valence-electron chi connectivity index (χ0n) is 11.9. The first-order valence-corrected chi connectivity index (χ1v) is 7.34. The summed E-state index contributed by atoms with van der Waals surface area (Å²) in [6.07, 6.45) is 8.84. The van der Waals surface area contributed by atoms with Crippen LogP contribution in [0.15, 0.2) is 25.0 Å². The van der Waals surface area contributed by atoms with Crippen molar-refractivity contribution < 1.29 is 4.74 Å². The Labute approximate surface area is 119 Å². The van der Waals surface area contributed by atoms with E-state index >= 15 is 0 Å². The van der Waals surface area contributed by atoms with Crippen LogP contribution in [0.1, 0.15) is 38.2 Å². The Morgan fingerprint density at radius 3 is 3.05 bits per heavy atom. The third-order valence-corrected chi connectivity index (χ3v) is 3.91. The molecule has 3 rings (SSSR count). The Bertz CT molecular complexity index is 611. The summed E-state index contributed by atoms with van der Waals surface area (Å²) in [5.74, 6) is 0.684. The summed E-state index contributed by atoms with van der Waals surface area (Å²) >= 11 is 0. The van der Waals surface area contributed by atoms with E-state index in [1.807, 2.05) is 19.3 Å². The van der Waals surface area contributed by atoms with Crippen LogP contribution in [0.4, 0.5) is 5.69 Å². The topological polar surface area (TPSA) is 49.9 Å². The zero-order chi connectivity index (χ0) is 13.9. The second-order valence-electron chi connectivity index (χ2n) is 5.27. The Kier molecular flexibility index (Phi) is 3.63. The molecular formula is C16H21N3O. The average molecular weight is 271 g/mol. The van der Waals surface area contributed by atoms with Crippen molar-refractivity contribution in [2.24, 2.45) is 0 Å². The Balaban J connectivity index is 2.01. The molecule has 2 aromatic heterocycles. The maximum absolute atomic E-state index is 5.57. The number of ether oxygens (including phenoxy) is 1. The number of H-pyrrole nitrogens is 1. The van der Waals surface area contributed by atoms with Crippen LogP contribution in [0, 0.1) is 0 Å². The molecule has 2 N–H and O–H groups in total. The molecule has 1 aliphatic rings. The lowest BCUT2D eigenvalue weighted by atomic mass is 10.1. The number of hydrogen-bond acceptors (Lipinski definition) is 3. The summed E-state index contributed by atoms with van der Waals surface area (Å²) < 4.78 is 5.57. The molecule has 20 heavy (non-hydrogen) atoms. The highest BCUT2D eigenvalue weighted by molar-refractivity contribution is 5.95. The number of pyridine rings is 1. The standard InChI is InChI=1S/C16H21N3O/c1-3-20-11(2)14-10-18-16-13(8-9-17-16)15(14)19-12-6-4-5-7-12/h8-10,12H,2-7H2,1H3,(H2,17,18,19). The molecule has 0 aliphatic heterocycles. The molecule has 2 aromatic rings. The summed E-state index contributed by atoms with van der Waals surface area (Å²) in [6.45, 7) is 6.62. The lowest BCUT2D eigenvalue weighted by Crippen LogP contribution is -2.16. The molecule has 1 fully saturated rings. The summed E-state index contributed by atoms with van der Waals surface area (Å²) in [7, 11) is 0. The monoisotopic (exact) mass is 271 g/mol. The highest BCUT2D eigenvalue weighted by Gasteiger charge is 2.19. The normalized spacial score (nSPS) is 15.7. The van der Waals surface area contributed by atoms with Gasteiger partial charge in [-0.05, 0) is 25.8 Å². The van der Waals surface area contributed by atoms with Crippen molar-refractivity contribution in [2.45, 2.75) is 38.6 Å². The molecule has 1 aliphatic carbocycles. The summed E-state index contributed by atoms with van der Waals surface area (Å²) in [6, 6.07) is 2.60. The molecule has 2 heterocycles. The first kappa shape index (κ1) is 13.0. The number of nitrogens with one attached hydrogen (secondary N) is 2. The van der Waals surface area contributed by atoms with Gasteiger partial charge in [-0.3, -0.25) is 0 Å². The van der Waals surface area contributed by atoms with Gasteiger partial charge < -0.3 is 15.0 Å². The van der Waals surface area contributed by atoms with Crippen molar-refractivity contribution in [3.05, 3.63) is 30.6 Å². The van der Waals surface area contributed by atoms with Crippen molar-refractivity contribution >= 4 is 22.5 Å². The van der Waals surface area contributed by atoms with Crippen LogP contribution in [0.2, 0.25) is 0 Å². The molecule has 0 bridgehead atoms. The van der Waals surface area contributed by atoms with Gasteiger partial charge in [-0.15, -0.1) is 0 Å². The summed E-state index contributed by atoms with van der Waals surface area (Å²) in [5, 5.41) is 4.78. The van der Waals surface area contributed by atoms with Gasteiger partial charge in [-0.2, -0.15) is 0 Å². The molecule has 1 saturated carbocycles. The van der Waals surface area contributed by atoms with Gasteiger partial charge >= 0.3 is 0 Å². The van der Waals surface area contributed by atoms with Gasteiger partial charge in [0, 0.05) is 23.8 Å². The second-order valence-corrected chi connectivity index (χ2v) is 5.27. The molecule has 0 amide bonds. The maximum atomic E-state index is 5.57. The summed E-state index contributed by atoms with van der Waals surface area (Å²) in [5.41, 5.74) is 2.96. The van der Waals surface area contributed by atoms with Crippen molar-refractivity contribution in [1.82, 2.24) is 9.97 Å². The highest BCUT2D eigenvalue weighted by Crippen LogP contribution is 2.33. The van der Waals surface area contributed by atoms with Crippen molar-refractivity contribution in [3.8, 4) is 0 Å². The van der Waals surface area contributed by atoms with Crippen LogP contribution in [0.3, 0.4) is 0 Å². The van der Waals surface area contributed by atoms with E-state index < -0.39 is 0 Å². The molecule has 4 heteroatoms. The smallest absolute Gasteiger partial charge is 0.139 e. The van der Waals surface area contributed by atoms with Crippen LogP contribution >= 0.6 is 0 Å². The lowest BCUT2D eigenvalue weighted by Gasteiger charge is -2.19. The Morgan fingerprint density at radius 2 is 2.30 bits per heavy atom. The molecule has 0 spiro atoms. The molecule has 0 saturated heterocycles. The van der Waals surface area contributed by atoms with Gasteiger partial charge in [0.15, 0.2) is 0 Å². The zero-order valence-corrected chi connectivity index (χ0v) is 11.9. The van der Waals surface area contributed by atoms with Gasteiger partial charge in [0.25, 0.3) is 0 Å². The van der Waals surface area contributed by atoms with Gasteiger partial charge in [-0.1, -0.05) is 19.4 Å². The SMILES string of the molecule is C=C(OCC)c1cnc2[nH]ccc2c1NC1CCCC1. The van der Waals surface area contributed by atoms with Crippen LogP contribution < -0.4 is 5.32 Å². The third-order valence-electron chi connectivity index (χ3n) is 3.91. The molecular weight excluding hydrogens is 250 g/mol. The minimum absolute atomic E-state index is 0.545. The van der Waals surface area contributed by atoms with Gasteiger partial charge in [0.2, 0.25) is 0 Å². The molecule has 0 radical (unpaired) electrons. The lowest BCUT2D eigenvalue weighted by molar-refractivity contribution is 0.299. The van der Waals surface area contributed by atoms with Crippen molar-refractivity contribution in [3.63, 3.8) is 0 Å². The summed E-state index contributed by atoms with van der Waals surface area (Å²) in [4.78, 5) is 7.60. The van der Waals surface area contributed by atoms with E-state index in [2.05, 4.69) is 27.9 Å². The number of rotatable bonds is 5. The molecule has 0 aromatic carbocycles. The number of anilines is 1. The van der Waals surface area contributed by atoms with E-state index in [1.54, 1.807) is 0 Å². The van der Waals surface area contributed by atoms with Gasteiger partial charge in [-0.25, -0.2) is 4.98 Å². The third kappa shape index (κ3) is 2.38. The second kappa shape index (κ2) is 5.57. The number of aromatic nitrogens is 2. The first-order valence-electron chi connectivity index (χ1n) is 7.34. The molecule has 0 atom stereocenters. The predicted octanol–water partition coefficient (Wildman–Crippen LogP) is 3.92. The van der Waals surface area contributed by atoms with Crippen LogP contribution in [0.5, 0.6) is 0 Å². The van der Waals surface area contributed by atoms with E-state index in [0.29, 0.717) is 18.4 Å².